The average Bonchev–Trinajstić information content (AvgIpc) is 3.04. The largest absolute Gasteiger partial charge is 0.756 e. The molecule has 0 saturated carbocycles. The highest BCUT2D eigenvalue weighted by Gasteiger charge is 2.21. The zero-order valence-corrected chi connectivity index (χ0v) is 33.3. The first-order valence-electron chi connectivity index (χ1n) is 19.9. The number of unbranched alkanes of at least 4 members (excludes halogenated alkanes) is 20. The van der Waals surface area contributed by atoms with Crippen LogP contribution in [-0.4, -0.2) is 70.0 Å². The number of esters is 2. The van der Waals surface area contributed by atoms with Gasteiger partial charge in [-0.3, -0.25) is 14.2 Å². The number of ether oxygens (including phenoxy) is 2. The third kappa shape index (κ3) is 36.3. The van der Waals surface area contributed by atoms with Gasteiger partial charge < -0.3 is 27.9 Å². The molecule has 0 aliphatic heterocycles. The van der Waals surface area contributed by atoms with Gasteiger partial charge in [-0.2, -0.15) is 0 Å². The molecule has 0 heterocycles. The Hall–Kier alpha value is -1.25. The van der Waals surface area contributed by atoms with Crippen LogP contribution < -0.4 is 4.89 Å². The van der Waals surface area contributed by atoms with Crippen LogP contribution in [0.25, 0.3) is 0 Å². The third-order valence-electron chi connectivity index (χ3n) is 8.54. The molecule has 0 N–H and O–H groups in total. The van der Waals surface area contributed by atoms with Gasteiger partial charge in [-0.05, 0) is 38.5 Å². The Bertz CT molecular complexity index is 860. The lowest BCUT2D eigenvalue weighted by molar-refractivity contribution is -0.870. The van der Waals surface area contributed by atoms with Gasteiger partial charge in [0.05, 0.1) is 27.7 Å². The molecule has 2 atom stereocenters. The van der Waals surface area contributed by atoms with Crippen LogP contribution in [0.3, 0.4) is 0 Å². The average molecular weight is 718 g/mol. The SMILES string of the molecule is CCCCCC/C=C/CCCCCCCCCC(=O)OC[C@@H](COP(=O)([O-])OCC[N+](C)(C)C)OC(=O)CCCCCCCCCCCC. The predicted octanol–water partition coefficient (Wildman–Crippen LogP) is 10.00. The normalized spacial score (nSPS) is 13.8. The zero-order valence-electron chi connectivity index (χ0n) is 32.4. The minimum Gasteiger partial charge on any atom is -0.756 e. The molecule has 49 heavy (non-hydrogen) atoms. The van der Waals surface area contributed by atoms with Crippen molar-refractivity contribution in [3.63, 3.8) is 0 Å². The lowest BCUT2D eigenvalue weighted by Gasteiger charge is -2.28. The van der Waals surface area contributed by atoms with Crippen LogP contribution in [0, 0.1) is 0 Å². The van der Waals surface area contributed by atoms with Gasteiger partial charge in [0, 0.05) is 12.8 Å². The molecular weight excluding hydrogens is 641 g/mol. The molecule has 0 amide bonds. The molecule has 0 aliphatic rings. The van der Waals surface area contributed by atoms with E-state index in [9.17, 15) is 19.0 Å². The highest BCUT2D eigenvalue weighted by atomic mass is 31.2. The van der Waals surface area contributed by atoms with Gasteiger partial charge in [-0.15, -0.1) is 0 Å². The number of hydrogen-bond acceptors (Lipinski definition) is 8. The second-order valence-corrected chi connectivity index (χ2v) is 16.1. The highest BCUT2D eigenvalue weighted by Crippen LogP contribution is 2.38. The number of phosphoric ester groups is 1. The maximum Gasteiger partial charge on any atom is 0.306 e. The lowest BCUT2D eigenvalue weighted by Crippen LogP contribution is -2.37. The summed E-state index contributed by atoms with van der Waals surface area (Å²) in [7, 11) is 1.17. The highest BCUT2D eigenvalue weighted by molar-refractivity contribution is 7.45. The van der Waals surface area contributed by atoms with Crippen LogP contribution in [0.5, 0.6) is 0 Å². The van der Waals surface area contributed by atoms with Crippen LogP contribution in [-0.2, 0) is 32.7 Å². The number of phosphoric acid groups is 1. The second kappa shape index (κ2) is 32.6. The summed E-state index contributed by atoms with van der Waals surface area (Å²) in [5.41, 5.74) is 0. The van der Waals surface area contributed by atoms with Crippen LogP contribution in [0.1, 0.15) is 174 Å². The number of carbonyl (C=O) groups excluding carboxylic acids is 2. The van der Waals surface area contributed by atoms with Gasteiger partial charge in [0.25, 0.3) is 7.82 Å². The van der Waals surface area contributed by atoms with Crippen LogP contribution in [0.4, 0.5) is 0 Å². The molecule has 0 fully saturated rings. The Morgan fingerprint density at radius 1 is 0.612 bits per heavy atom. The molecule has 0 radical (unpaired) electrons. The van der Waals surface area contributed by atoms with E-state index in [1.165, 1.54) is 89.9 Å². The zero-order chi connectivity index (χ0) is 36.5. The van der Waals surface area contributed by atoms with Gasteiger partial charge in [-0.1, -0.05) is 135 Å². The van der Waals surface area contributed by atoms with Crippen molar-refractivity contribution < 1.29 is 42.1 Å². The number of likely N-dealkylation sites (N-methyl/N-ethyl adjacent to an activating group) is 1. The van der Waals surface area contributed by atoms with Crippen molar-refractivity contribution in [3.05, 3.63) is 12.2 Å². The number of rotatable bonds is 36. The molecule has 0 rings (SSSR count). The smallest absolute Gasteiger partial charge is 0.306 e. The Balaban J connectivity index is 4.38. The molecule has 0 aliphatic carbocycles. The summed E-state index contributed by atoms with van der Waals surface area (Å²) in [6, 6.07) is 0. The van der Waals surface area contributed by atoms with Gasteiger partial charge in [-0.25, -0.2) is 0 Å². The number of carbonyl (C=O) groups is 2. The van der Waals surface area contributed by atoms with Crippen molar-refractivity contribution in [1.29, 1.82) is 0 Å². The first kappa shape index (κ1) is 47.8. The van der Waals surface area contributed by atoms with E-state index < -0.39 is 26.5 Å². The lowest BCUT2D eigenvalue weighted by atomic mass is 10.1. The maximum absolute atomic E-state index is 12.6. The molecule has 0 spiro atoms. The minimum atomic E-state index is -4.61. The van der Waals surface area contributed by atoms with E-state index in [-0.39, 0.29) is 32.0 Å². The van der Waals surface area contributed by atoms with Crippen LogP contribution >= 0.6 is 7.82 Å². The summed E-state index contributed by atoms with van der Waals surface area (Å²) < 4.78 is 33.7. The first-order chi connectivity index (χ1) is 23.5. The Morgan fingerprint density at radius 2 is 1.04 bits per heavy atom. The van der Waals surface area contributed by atoms with Crippen molar-refractivity contribution >= 4 is 19.8 Å². The first-order valence-corrected chi connectivity index (χ1v) is 21.4. The number of quaternary nitrogens is 1. The number of allylic oxidation sites excluding steroid dienone is 2. The number of hydrogen-bond donors (Lipinski definition) is 0. The fraction of sp³-hybridized carbons (Fsp3) is 0.897. The summed E-state index contributed by atoms with van der Waals surface area (Å²) in [5.74, 6) is -0.837. The van der Waals surface area contributed by atoms with Gasteiger partial charge in [0.2, 0.25) is 0 Å². The Kier molecular flexibility index (Phi) is 31.8. The standard InChI is InChI=1S/C39H76NO8P/c1-6-8-10-12-14-16-18-19-20-21-22-24-25-27-29-31-38(41)45-35-37(36-47-49(43,44)46-34-33-40(3,4)5)48-39(42)32-30-28-26-23-17-15-13-11-9-7-2/h16,18,37H,6-15,17,19-36H2,1-5H3/b18-16+/t37-/m0/s1. The topological polar surface area (TPSA) is 111 Å². The van der Waals surface area contributed by atoms with Crippen molar-refractivity contribution in [1.82, 2.24) is 0 Å². The Labute approximate surface area is 301 Å². The predicted molar refractivity (Wildman–Crippen MR) is 199 cm³/mol. The number of nitrogens with zero attached hydrogens (tertiary/aromatic N) is 1. The fourth-order valence-corrected chi connectivity index (χ4v) is 6.08. The molecule has 0 aromatic carbocycles. The van der Waals surface area contributed by atoms with E-state index >= 15 is 0 Å². The van der Waals surface area contributed by atoms with Crippen molar-refractivity contribution in [2.45, 2.75) is 180 Å². The minimum absolute atomic E-state index is 0.0287. The van der Waals surface area contributed by atoms with E-state index in [4.69, 9.17) is 18.5 Å². The molecule has 290 valence electrons. The van der Waals surface area contributed by atoms with Crippen molar-refractivity contribution in [2.75, 3.05) is 47.5 Å². The molecule has 9 nitrogen and oxygen atoms in total. The molecule has 0 bridgehead atoms. The van der Waals surface area contributed by atoms with E-state index in [2.05, 4.69) is 26.0 Å². The quantitative estimate of drug-likeness (QED) is 0.0207. The van der Waals surface area contributed by atoms with Gasteiger partial charge >= 0.3 is 11.9 Å². The molecule has 0 aromatic rings. The van der Waals surface area contributed by atoms with Crippen molar-refractivity contribution in [2.24, 2.45) is 0 Å². The van der Waals surface area contributed by atoms with Gasteiger partial charge in [0.1, 0.15) is 19.8 Å². The van der Waals surface area contributed by atoms with E-state index in [0.29, 0.717) is 17.4 Å². The molecule has 1 unspecified atom stereocenters. The van der Waals surface area contributed by atoms with Crippen molar-refractivity contribution in [3.8, 4) is 0 Å². The summed E-state index contributed by atoms with van der Waals surface area (Å²) >= 11 is 0. The summed E-state index contributed by atoms with van der Waals surface area (Å²) in [6.45, 7) is 4.19. The fourth-order valence-electron chi connectivity index (χ4n) is 5.35. The Morgan fingerprint density at radius 3 is 1.53 bits per heavy atom. The van der Waals surface area contributed by atoms with Crippen LogP contribution in [0.15, 0.2) is 12.2 Å². The summed E-state index contributed by atoms with van der Waals surface area (Å²) in [6.07, 6.45) is 30.9. The van der Waals surface area contributed by atoms with E-state index in [1.54, 1.807) is 0 Å². The maximum atomic E-state index is 12.6. The molecule has 0 saturated heterocycles. The van der Waals surface area contributed by atoms with Gasteiger partial charge in [0.15, 0.2) is 6.10 Å². The van der Waals surface area contributed by atoms with E-state index in [1.807, 2.05) is 21.1 Å². The molecule has 10 heteroatoms. The summed E-state index contributed by atoms with van der Waals surface area (Å²) in [4.78, 5) is 37.3. The third-order valence-corrected chi connectivity index (χ3v) is 9.50. The second-order valence-electron chi connectivity index (χ2n) is 14.7. The molecule has 0 aromatic heterocycles. The summed E-state index contributed by atoms with van der Waals surface area (Å²) in [5, 5.41) is 0. The van der Waals surface area contributed by atoms with E-state index in [0.717, 1.165) is 51.4 Å². The van der Waals surface area contributed by atoms with Crippen LogP contribution in [0.2, 0.25) is 0 Å². The molecular formula is C39H76NO8P. The monoisotopic (exact) mass is 718 g/mol.